The van der Waals surface area contributed by atoms with Crippen molar-refractivity contribution in [2.45, 2.75) is 56.6 Å². The number of thioether (sulfide) groups is 1. The van der Waals surface area contributed by atoms with Crippen LogP contribution in [0.1, 0.15) is 44.1 Å². The zero-order chi connectivity index (χ0) is 21.8. The number of nitrogens with one attached hydrogen (secondary N) is 1. The summed E-state index contributed by atoms with van der Waals surface area (Å²) in [5, 5.41) is 4.76. The van der Waals surface area contributed by atoms with E-state index in [2.05, 4.69) is 5.32 Å². The van der Waals surface area contributed by atoms with Crippen LogP contribution in [0.4, 0.5) is 0 Å². The van der Waals surface area contributed by atoms with E-state index in [1.807, 2.05) is 37.3 Å². The van der Waals surface area contributed by atoms with E-state index in [4.69, 9.17) is 16.6 Å². The SMILES string of the molecule is Cc1ccc(-n2c(SCC(=O)NC3CCCCCC3)nc3ccccc3c2=O)cc1Cl. The maximum atomic E-state index is 13.3. The molecule has 0 bridgehead atoms. The number of carbonyl (C=O) groups excluding carboxylic acids is 1. The Kier molecular flexibility index (Phi) is 6.98. The molecule has 1 fully saturated rings. The highest BCUT2D eigenvalue weighted by atomic mass is 35.5. The Morgan fingerprint density at radius 3 is 2.65 bits per heavy atom. The molecule has 1 aliphatic rings. The molecule has 0 unspecified atom stereocenters. The second-order valence-electron chi connectivity index (χ2n) is 8.03. The molecule has 162 valence electrons. The van der Waals surface area contributed by atoms with Crippen molar-refractivity contribution in [3.63, 3.8) is 0 Å². The van der Waals surface area contributed by atoms with Crippen molar-refractivity contribution < 1.29 is 4.79 Å². The predicted octanol–water partition coefficient (Wildman–Crippen LogP) is 5.28. The molecule has 4 rings (SSSR count). The summed E-state index contributed by atoms with van der Waals surface area (Å²) in [6.45, 7) is 1.92. The molecule has 2 aromatic carbocycles. The van der Waals surface area contributed by atoms with Gasteiger partial charge in [-0.3, -0.25) is 14.2 Å². The summed E-state index contributed by atoms with van der Waals surface area (Å²) in [4.78, 5) is 30.6. The molecule has 3 aromatic rings. The fraction of sp³-hybridized carbons (Fsp3) is 0.375. The van der Waals surface area contributed by atoms with Crippen LogP contribution in [-0.4, -0.2) is 27.3 Å². The predicted molar refractivity (Wildman–Crippen MR) is 127 cm³/mol. The molecule has 1 aliphatic carbocycles. The lowest BCUT2D eigenvalue weighted by molar-refractivity contribution is -0.119. The zero-order valence-electron chi connectivity index (χ0n) is 17.6. The van der Waals surface area contributed by atoms with Gasteiger partial charge in [0.25, 0.3) is 5.56 Å². The first-order valence-electron chi connectivity index (χ1n) is 10.7. The smallest absolute Gasteiger partial charge is 0.266 e. The maximum absolute atomic E-state index is 13.3. The summed E-state index contributed by atoms with van der Waals surface area (Å²) in [7, 11) is 0. The van der Waals surface area contributed by atoms with Gasteiger partial charge in [0.15, 0.2) is 5.16 Å². The number of rotatable bonds is 5. The minimum absolute atomic E-state index is 0.0206. The van der Waals surface area contributed by atoms with E-state index in [-0.39, 0.29) is 23.3 Å². The summed E-state index contributed by atoms with van der Waals surface area (Å²) in [5.74, 6) is 0.189. The number of amides is 1. The van der Waals surface area contributed by atoms with Gasteiger partial charge in [-0.05, 0) is 49.6 Å². The highest BCUT2D eigenvalue weighted by molar-refractivity contribution is 7.99. The normalized spacial score (nSPS) is 15.0. The third kappa shape index (κ3) is 5.13. The molecule has 0 atom stereocenters. The Morgan fingerprint density at radius 1 is 1.16 bits per heavy atom. The molecule has 0 spiro atoms. The molecule has 0 aliphatic heterocycles. The van der Waals surface area contributed by atoms with E-state index < -0.39 is 0 Å². The third-order valence-corrected chi connectivity index (χ3v) is 7.06. The van der Waals surface area contributed by atoms with Crippen LogP contribution in [0.2, 0.25) is 5.02 Å². The molecule has 7 heteroatoms. The van der Waals surface area contributed by atoms with Crippen LogP contribution in [0.5, 0.6) is 0 Å². The fourth-order valence-corrected chi connectivity index (χ4v) is 4.98. The van der Waals surface area contributed by atoms with Crippen molar-refractivity contribution in [1.82, 2.24) is 14.9 Å². The fourth-order valence-electron chi connectivity index (χ4n) is 3.98. The van der Waals surface area contributed by atoms with E-state index in [1.165, 1.54) is 24.6 Å². The average molecular weight is 456 g/mol. The molecule has 1 heterocycles. The molecule has 5 nitrogen and oxygen atoms in total. The van der Waals surface area contributed by atoms with Crippen LogP contribution in [0, 0.1) is 6.92 Å². The number of carbonyl (C=O) groups is 1. The van der Waals surface area contributed by atoms with Gasteiger partial charge < -0.3 is 5.32 Å². The molecule has 0 saturated heterocycles. The first-order chi connectivity index (χ1) is 15.0. The molecular weight excluding hydrogens is 430 g/mol. The third-order valence-electron chi connectivity index (χ3n) is 5.71. The second kappa shape index (κ2) is 9.88. The van der Waals surface area contributed by atoms with Crippen LogP contribution < -0.4 is 10.9 Å². The zero-order valence-corrected chi connectivity index (χ0v) is 19.1. The van der Waals surface area contributed by atoms with Crippen molar-refractivity contribution in [2.24, 2.45) is 0 Å². The van der Waals surface area contributed by atoms with Crippen molar-refractivity contribution in [2.75, 3.05) is 5.75 Å². The van der Waals surface area contributed by atoms with Gasteiger partial charge in [0.1, 0.15) is 0 Å². The standard InChI is InChI=1S/C24H26ClN3O2S/c1-16-12-13-18(14-20(16)25)28-23(30)19-10-6-7-11-21(19)27-24(28)31-15-22(29)26-17-8-4-2-3-5-9-17/h6-7,10-14,17H,2-5,8-9,15H2,1H3,(H,26,29). The molecule has 1 saturated carbocycles. The number of fused-ring (bicyclic) bond motifs is 1. The molecule has 31 heavy (non-hydrogen) atoms. The van der Waals surface area contributed by atoms with E-state index in [1.54, 1.807) is 16.7 Å². The number of hydrogen-bond donors (Lipinski definition) is 1. The van der Waals surface area contributed by atoms with Gasteiger partial charge in [0.05, 0.1) is 22.3 Å². The van der Waals surface area contributed by atoms with Crippen LogP contribution in [-0.2, 0) is 4.79 Å². The highest BCUT2D eigenvalue weighted by Gasteiger charge is 2.18. The largest absolute Gasteiger partial charge is 0.353 e. The van der Waals surface area contributed by atoms with Crippen LogP contribution in [0.15, 0.2) is 52.4 Å². The van der Waals surface area contributed by atoms with Crippen molar-refractivity contribution >= 4 is 40.2 Å². The summed E-state index contributed by atoms with van der Waals surface area (Å²) in [6.07, 6.45) is 6.89. The highest BCUT2D eigenvalue weighted by Crippen LogP contribution is 2.25. The quantitative estimate of drug-likeness (QED) is 0.323. The van der Waals surface area contributed by atoms with E-state index >= 15 is 0 Å². The van der Waals surface area contributed by atoms with Crippen molar-refractivity contribution in [3.05, 3.63) is 63.4 Å². The molecule has 1 amide bonds. The minimum Gasteiger partial charge on any atom is -0.353 e. The summed E-state index contributed by atoms with van der Waals surface area (Å²) in [5.41, 5.74) is 2.03. The van der Waals surface area contributed by atoms with E-state index in [0.29, 0.717) is 26.8 Å². The van der Waals surface area contributed by atoms with Gasteiger partial charge in [-0.25, -0.2) is 4.98 Å². The summed E-state index contributed by atoms with van der Waals surface area (Å²) < 4.78 is 1.55. The number of aromatic nitrogens is 2. The lowest BCUT2D eigenvalue weighted by atomic mass is 10.1. The number of para-hydroxylation sites is 1. The van der Waals surface area contributed by atoms with E-state index in [0.717, 1.165) is 31.2 Å². The first kappa shape index (κ1) is 21.9. The van der Waals surface area contributed by atoms with Crippen LogP contribution >= 0.6 is 23.4 Å². The van der Waals surface area contributed by atoms with Gasteiger partial charge in [-0.1, -0.05) is 67.2 Å². The van der Waals surface area contributed by atoms with Gasteiger partial charge >= 0.3 is 0 Å². The Balaban J connectivity index is 1.63. The van der Waals surface area contributed by atoms with Crippen LogP contribution in [0.3, 0.4) is 0 Å². The Morgan fingerprint density at radius 2 is 1.90 bits per heavy atom. The number of benzene rings is 2. The van der Waals surface area contributed by atoms with Gasteiger partial charge in [-0.15, -0.1) is 0 Å². The Hall–Kier alpha value is -2.31. The van der Waals surface area contributed by atoms with Gasteiger partial charge in [-0.2, -0.15) is 0 Å². The number of aryl methyl sites for hydroxylation is 1. The molecule has 1 aromatic heterocycles. The van der Waals surface area contributed by atoms with Crippen molar-refractivity contribution in [1.29, 1.82) is 0 Å². The van der Waals surface area contributed by atoms with Crippen LogP contribution in [0.25, 0.3) is 16.6 Å². The lowest BCUT2D eigenvalue weighted by Gasteiger charge is -2.17. The Bertz CT molecular complexity index is 1150. The first-order valence-corrected chi connectivity index (χ1v) is 12.1. The van der Waals surface area contributed by atoms with Crippen molar-refractivity contribution in [3.8, 4) is 5.69 Å². The second-order valence-corrected chi connectivity index (χ2v) is 9.38. The Labute approximate surface area is 191 Å². The monoisotopic (exact) mass is 455 g/mol. The maximum Gasteiger partial charge on any atom is 0.266 e. The lowest BCUT2D eigenvalue weighted by Crippen LogP contribution is -2.35. The molecule has 1 N–H and O–H groups in total. The minimum atomic E-state index is -0.169. The van der Waals surface area contributed by atoms with Gasteiger partial charge in [0.2, 0.25) is 5.91 Å². The van der Waals surface area contributed by atoms with E-state index in [9.17, 15) is 9.59 Å². The summed E-state index contributed by atoms with van der Waals surface area (Å²) >= 11 is 7.61. The number of hydrogen-bond acceptors (Lipinski definition) is 4. The molecule has 0 radical (unpaired) electrons. The number of halogens is 1. The summed E-state index contributed by atoms with van der Waals surface area (Å²) in [6, 6.07) is 13.0. The number of nitrogens with zero attached hydrogens (tertiary/aromatic N) is 2. The molecular formula is C24H26ClN3O2S. The topological polar surface area (TPSA) is 64.0 Å². The van der Waals surface area contributed by atoms with Gasteiger partial charge in [0, 0.05) is 11.1 Å². The average Bonchev–Trinajstić information content (AvgIpc) is 3.03.